The normalized spacial score (nSPS) is 15.7. The summed E-state index contributed by atoms with van der Waals surface area (Å²) < 4.78 is 38.7. The minimum absolute atomic E-state index is 0.468. The molecule has 1 heterocycles. The molecule has 5 nitrogen and oxygen atoms in total. The number of carbonyl (C=O) groups is 1. The summed E-state index contributed by atoms with van der Waals surface area (Å²) in [5.41, 5.74) is 3.40. The summed E-state index contributed by atoms with van der Waals surface area (Å²) in [7, 11) is 0. The number of hydrogen-bond acceptors (Lipinski definition) is 4. The Balaban J connectivity index is 1.63. The van der Waals surface area contributed by atoms with Crippen molar-refractivity contribution in [2.45, 2.75) is 12.7 Å². The molecule has 0 spiro atoms. The number of piperazine rings is 1. The largest absolute Gasteiger partial charge is 0.416 e. The Hall–Kier alpha value is -2.84. The van der Waals surface area contributed by atoms with Gasteiger partial charge in [0.1, 0.15) is 0 Å². The van der Waals surface area contributed by atoms with Gasteiger partial charge in [-0.1, -0.05) is 36.4 Å². The molecule has 1 aliphatic heterocycles. The zero-order valence-corrected chi connectivity index (χ0v) is 15.7. The second-order valence-corrected chi connectivity index (χ2v) is 6.83. The van der Waals surface area contributed by atoms with Crippen LogP contribution in [0.15, 0.2) is 54.6 Å². The van der Waals surface area contributed by atoms with Gasteiger partial charge in [0, 0.05) is 44.5 Å². The molecule has 3 rings (SSSR count). The van der Waals surface area contributed by atoms with Gasteiger partial charge in [0.05, 0.1) is 5.56 Å². The first-order chi connectivity index (χ1) is 13.9. The molecule has 29 heavy (non-hydrogen) atoms. The zero-order chi connectivity index (χ0) is 20.9. The lowest BCUT2D eigenvalue weighted by Gasteiger charge is -2.37. The molecule has 2 aromatic carbocycles. The molecule has 1 saturated heterocycles. The number of para-hydroxylation sites is 1. The van der Waals surface area contributed by atoms with Gasteiger partial charge >= 0.3 is 6.18 Å². The molecule has 0 unspecified atom stereocenters. The fourth-order valence-electron chi connectivity index (χ4n) is 3.37. The van der Waals surface area contributed by atoms with Gasteiger partial charge < -0.3 is 4.90 Å². The van der Waals surface area contributed by atoms with Gasteiger partial charge in [-0.3, -0.25) is 14.9 Å². The number of carbonyl (C=O) groups excluding carboxylic acids is 1. The van der Waals surface area contributed by atoms with Gasteiger partial charge in [0.25, 0.3) is 5.91 Å². The van der Waals surface area contributed by atoms with E-state index in [2.05, 4.69) is 9.80 Å². The number of alkyl halides is 3. The Morgan fingerprint density at radius 3 is 2.48 bits per heavy atom. The maximum Gasteiger partial charge on any atom is 0.416 e. The molecule has 0 radical (unpaired) electrons. The van der Waals surface area contributed by atoms with Crippen LogP contribution in [0.25, 0.3) is 6.08 Å². The highest BCUT2D eigenvalue weighted by molar-refractivity contribution is 5.91. The molecule has 2 N–H and O–H groups in total. The van der Waals surface area contributed by atoms with E-state index in [1.54, 1.807) is 17.6 Å². The van der Waals surface area contributed by atoms with Crippen LogP contribution in [0, 0.1) is 0 Å². The highest BCUT2D eigenvalue weighted by Gasteiger charge is 2.30. The molecule has 2 aromatic rings. The Kier molecular flexibility index (Phi) is 6.56. The Labute approximate surface area is 167 Å². The molecule has 8 heteroatoms. The maximum atomic E-state index is 12.9. The second-order valence-electron chi connectivity index (χ2n) is 6.83. The topological polar surface area (TPSA) is 55.8 Å². The summed E-state index contributed by atoms with van der Waals surface area (Å²) in [5.74, 6) is -0.606. The molecular formula is C21H22F3N3O2. The van der Waals surface area contributed by atoms with Crippen molar-refractivity contribution in [1.82, 2.24) is 10.4 Å². The van der Waals surface area contributed by atoms with Gasteiger partial charge in [0.15, 0.2) is 0 Å². The van der Waals surface area contributed by atoms with Crippen LogP contribution >= 0.6 is 0 Å². The summed E-state index contributed by atoms with van der Waals surface area (Å²) in [6, 6.07) is 13.1. The van der Waals surface area contributed by atoms with Crippen LogP contribution in [0.3, 0.4) is 0 Å². The number of hydrogen-bond donors (Lipinski definition) is 2. The summed E-state index contributed by atoms with van der Waals surface area (Å²) in [6.45, 7) is 3.33. The van der Waals surface area contributed by atoms with Crippen LogP contribution in [-0.4, -0.2) is 42.2 Å². The van der Waals surface area contributed by atoms with E-state index in [0.717, 1.165) is 30.4 Å². The number of hydroxylamine groups is 1. The number of anilines is 1. The summed E-state index contributed by atoms with van der Waals surface area (Å²) >= 11 is 0. The molecule has 0 aromatic heterocycles. The van der Waals surface area contributed by atoms with Crippen molar-refractivity contribution < 1.29 is 23.2 Å². The van der Waals surface area contributed by atoms with Crippen LogP contribution in [0.2, 0.25) is 0 Å². The fraction of sp³-hybridized carbons (Fsp3) is 0.286. The van der Waals surface area contributed by atoms with Crippen molar-refractivity contribution in [2.24, 2.45) is 0 Å². The predicted octanol–water partition coefficient (Wildman–Crippen LogP) is 3.55. The van der Waals surface area contributed by atoms with Gasteiger partial charge in [-0.2, -0.15) is 13.2 Å². The highest BCUT2D eigenvalue weighted by Crippen LogP contribution is 2.30. The molecule has 154 valence electrons. The molecule has 1 aliphatic rings. The van der Waals surface area contributed by atoms with Crippen molar-refractivity contribution >= 4 is 17.7 Å². The van der Waals surface area contributed by atoms with Crippen LogP contribution in [-0.2, 0) is 17.5 Å². The first kappa shape index (κ1) is 20.9. The van der Waals surface area contributed by atoms with Crippen LogP contribution in [0.1, 0.15) is 16.7 Å². The van der Waals surface area contributed by atoms with E-state index in [0.29, 0.717) is 25.2 Å². The van der Waals surface area contributed by atoms with Gasteiger partial charge in [-0.05, 0) is 29.3 Å². The minimum atomic E-state index is -4.33. The van der Waals surface area contributed by atoms with E-state index in [4.69, 9.17) is 5.21 Å². The van der Waals surface area contributed by atoms with Crippen LogP contribution in [0.5, 0.6) is 0 Å². The molecule has 0 atom stereocenters. The van der Waals surface area contributed by atoms with Crippen LogP contribution in [0.4, 0.5) is 18.9 Å². The quantitative estimate of drug-likeness (QED) is 0.454. The van der Waals surface area contributed by atoms with Gasteiger partial charge in [-0.25, -0.2) is 5.48 Å². The number of benzene rings is 2. The van der Waals surface area contributed by atoms with E-state index in [1.807, 2.05) is 24.3 Å². The molecule has 1 amide bonds. The SMILES string of the molecule is O=C(C=Cc1ccccc1N1CCN(Cc2cccc(C(F)(F)F)c2)CC1)NO. The number of rotatable bonds is 5. The monoisotopic (exact) mass is 405 g/mol. The molecule has 0 aliphatic carbocycles. The minimum Gasteiger partial charge on any atom is -0.368 e. The number of nitrogens with zero attached hydrogens (tertiary/aromatic N) is 2. The fourth-order valence-corrected chi connectivity index (χ4v) is 3.37. The predicted molar refractivity (Wildman–Crippen MR) is 104 cm³/mol. The maximum absolute atomic E-state index is 12.9. The lowest BCUT2D eigenvalue weighted by atomic mass is 10.1. The lowest BCUT2D eigenvalue weighted by molar-refractivity contribution is -0.137. The average Bonchev–Trinajstić information content (AvgIpc) is 2.72. The van der Waals surface area contributed by atoms with Crippen molar-refractivity contribution in [3.05, 3.63) is 71.3 Å². The lowest BCUT2D eigenvalue weighted by Crippen LogP contribution is -2.46. The van der Waals surface area contributed by atoms with E-state index in [-0.39, 0.29) is 0 Å². The average molecular weight is 405 g/mol. The Morgan fingerprint density at radius 1 is 1.07 bits per heavy atom. The number of nitrogens with one attached hydrogen (secondary N) is 1. The molecule has 1 fully saturated rings. The van der Waals surface area contributed by atoms with Gasteiger partial charge in [-0.15, -0.1) is 0 Å². The standard InChI is InChI=1S/C21H22F3N3O2/c22-21(23,24)18-6-3-4-16(14-18)15-26-10-12-27(13-11-26)19-7-2-1-5-17(19)8-9-20(28)25-29/h1-9,14,29H,10-13,15H2,(H,25,28). The van der Waals surface area contributed by atoms with E-state index in [9.17, 15) is 18.0 Å². The first-order valence-corrected chi connectivity index (χ1v) is 9.21. The third kappa shape index (κ3) is 5.58. The van der Waals surface area contributed by atoms with Crippen molar-refractivity contribution in [2.75, 3.05) is 31.1 Å². The number of amides is 1. The van der Waals surface area contributed by atoms with Crippen molar-refractivity contribution in [1.29, 1.82) is 0 Å². The molecular weight excluding hydrogens is 383 g/mol. The Bertz CT molecular complexity index is 875. The van der Waals surface area contributed by atoms with E-state index in [1.165, 1.54) is 18.2 Å². The smallest absolute Gasteiger partial charge is 0.368 e. The summed E-state index contributed by atoms with van der Waals surface area (Å²) in [5, 5.41) is 8.61. The zero-order valence-electron chi connectivity index (χ0n) is 15.7. The highest BCUT2D eigenvalue weighted by atomic mass is 19.4. The van der Waals surface area contributed by atoms with Crippen molar-refractivity contribution in [3.63, 3.8) is 0 Å². The van der Waals surface area contributed by atoms with E-state index >= 15 is 0 Å². The first-order valence-electron chi connectivity index (χ1n) is 9.21. The Morgan fingerprint density at radius 2 is 1.79 bits per heavy atom. The van der Waals surface area contributed by atoms with Gasteiger partial charge in [0.2, 0.25) is 0 Å². The summed E-state index contributed by atoms with van der Waals surface area (Å²) in [4.78, 5) is 15.5. The second kappa shape index (κ2) is 9.11. The van der Waals surface area contributed by atoms with Crippen LogP contribution < -0.4 is 10.4 Å². The van der Waals surface area contributed by atoms with E-state index < -0.39 is 17.6 Å². The number of halogens is 3. The molecule has 0 bridgehead atoms. The third-order valence-corrected chi connectivity index (χ3v) is 4.83. The molecule has 0 saturated carbocycles. The summed E-state index contributed by atoms with van der Waals surface area (Å²) in [6.07, 6.45) is -1.45. The van der Waals surface area contributed by atoms with Crippen molar-refractivity contribution in [3.8, 4) is 0 Å². The third-order valence-electron chi connectivity index (χ3n) is 4.83.